The summed E-state index contributed by atoms with van der Waals surface area (Å²) in [5, 5.41) is 5.59. The summed E-state index contributed by atoms with van der Waals surface area (Å²) in [6.07, 6.45) is -0.0439. The van der Waals surface area contributed by atoms with Gasteiger partial charge in [-0.25, -0.2) is 0 Å². The largest absolute Gasteiger partial charge is 0.489 e. The first-order valence-corrected chi connectivity index (χ1v) is 5.76. The van der Waals surface area contributed by atoms with Crippen molar-refractivity contribution in [2.24, 2.45) is 0 Å². The van der Waals surface area contributed by atoms with Crippen LogP contribution < -0.4 is 15.4 Å². The van der Waals surface area contributed by atoms with Crippen molar-refractivity contribution < 1.29 is 9.53 Å². The first-order chi connectivity index (χ1) is 8.11. The molecule has 0 radical (unpaired) electrons. The maximum atomic E-state index is 11.2. The first-order valence-electron chi connectivity index (χ1n) is 5.76. The minimum absolute atomic E-state index is 0. The van der Waals surface area contributed by atoms with Crippen molar-refractivity contribution in [1.29, 1.82) is 0 Å². The van der Waals surface area contributed by atoms with Gasteiger partial charge in [-0.1, -0.05) is 12.1 Å². The third-order valence-corrected chi connectivity index (χ3v) is 2.25. The van der Waals surface area contributed by atoms with Crippen LogP contribution in [-0.4, -0.2) is 32.1 Å². The number of carbonyl (C=O) groups is 1. The molecule has 102 valence electrons. The average Bonchev–Trinajstić information content (AvgIpc) is 2.27. The smallest absolute Gasteiger partial charge is 0.234 e. The predicted molar refractivity (Wildman–Crippen MR) is 75.5 cm³/mol. The molecule has 0 spiro atoms. The van der Waals surface area contributed by atoms with Gasteiger partial charge in [0, 0.05) is 0 Å². The molecule has 1 rings (SSSR count). The van der Waals surface area contributed by atoms with E-state index in [-0.39, 0.29) is 24.4 Å². The van der Waals surface area contributed by atoms with Crippen molar-refractivity contribution in [2.75, 3.05) is 20.1 Å². The van der Waals surface area contributed by atoms with Crippen molar-refractivity contribution in [1.82, 2.24) is 10.6 Å². The van der Waals surface area contributed by atoms with Gasteiger partial charge in [-0.3, -0.25) is 4.79 Å². The number of hydrogen-bond donors (Lipinski definition) is 2. The molecule has 0 saturated carbocycles. The highest BCUT2D eigenvalue weighted by Gasteiger charge is 2.06. The molecule has 0 aromatic heterocycles. The zero-order valence-corrected chi connectivity index (χ0v) is 11.8. The second-order valence-electron chi connectivity index (χ2n) is 4.08. The van der Waals surface area contributed by atoms with Crippen LogP contribution in [0.15, 0.2) is 24.3 Å². The molecule has 0 bridgehead atoms. The van der Waals surface area contributed by atoms with Crippen molar-refractivity contribution in [3.8, 4) is 5.75 Å². The number of hydrogen-bond acceptors (Lipinski definition) is 3. The summed E-state index contributed by atoms with van der Waals surface area (Å²) in [5.74, 6) is 0.813. The van der Waals surface area contributed by atoms with Gasteiger partial charge in [0.25, 0.3) is 0 Å². The van der Waals surface area contributed by atoms with E-state index in [9.17, 15) is 4.79 Å². The third kappa shape index (κ3) is 6.47. The van der Waals surface area contributed by atoms with Gasteiger partial charge >= 0.3 is 0 Å². The maximum Gasteiger partial charge on any atom is 0.234 e. The zero-order valence-electron chi connectivity index (χ0n) is 11.0. The highest BCUT2D eigenvalue weighted by molar-refractivity contribution is 5.85. The number of amides is 1. The van der Waals surface area contributed by atoms with Gasteiger partial charge in [0.05, 0.1) is 13.1 Å². The summed E-state index contributed by atoms with van der Waals surface area (Å²) in [7, 11) is 1.74. The van der Waals surface area contributed by atoms with Crippen LogP contribution in [0.25, 0.3) is 0 Å². The summed E-state index contributed by atoms with van der Waals surface area (Å²) < 4.78 is 5.69. The summed E-state index contributed by atoms with van der Waals surface area (Å²) in [5.41, 5.74) is 1.16. The minimum Gasteiger partial charge on any atom is -0.489 e. The molecule has 0 aliphatic carbocycles. The second-order valence-corrected chi connectivity index (χ2v) is 4.08. The molecule has 4 nitrogen and oxygen atoms in total. The second kappa shape index (κ2) is 8.78. The summed E-state index contributed by atoms with van der Waals surface area (Å²) in [6, 6.07) is 7.87. The Labute approximate surface area is 115 Å². The summed E-state index contributed by atoms with van der Waals surface area (Å²) in [4.78, 5) is 11.2. The topological polar surface area (TPSA) is 50.4 Å². The zero-order chi connectivity index (χ0) is 12.7. The van der Waals surface area contributed by atoms with E-state index in [1.54, 1.807) is 7.05 Å². The monoisotopic (exact) mass is 272 g/mol. The number of benzene rings is 1. The third-order valence-electron chi connectivity index (χ3n) is 2.25. The Kier molecular flexibility index (Phi) is 8.16. The number of nitrogens with one attached hydrogen (secondary N) is 2. The molecule has 0 aliphatic heterocycles. The van der Waals surface area contributed by atoms with Gasteiger partial charge in [0.2, 0.25) is 5.91 Å². The van der Waals surface area contributed by atoms with Gasteiger partial charge in [0.15, 0.2) is 0 Å². The fourth-order valence-electron chi connectivity index (χ4n) is 1.44. The van der Waals surface area contributed by atoms with E-state index < -0.39 is 0 Å². The van der Waals surface area contributed by atoms with Crippen molar-refractivity contribution in [3.05, 3.63) is 29.8 Å². The number of rotatable bonds is 6. The highest BCUT2D eigenvalue weighted by atomic mass is 35.5. The average molecular weight is 273 g/mol. The van der Waals surface area contributed by atoms with Crippen LogP contribution in [0, 0.1) is 6.92 Å². The van der Waals surface area contributed by atoms with E-state index in [0.29, 0.717) is 13.1 Å². The van der Waals surface area contributed by atoms with Gasteiger partial charge in [-0.2, -0.15) is 0 Å². The fourth-order valence-corrected chi connectivity index (χ4v) is 1.44. The van der Waals surface area contributed by atoms with E-state index in [4.69, 9.17) is 4.74 Å². The lowest BCUT2D eigenvalue weighted by Crippen LogP contribution is -2.38. The first kappa shape index (κ1) is 16.7. The molecule has 1 atom stereocenters. The van der Waals surface area contributed by atoms with Crippen molar-refractivity contribution >= 4 is 18.3 Å². The van der Waals surface area contributed by atoms with Crippen LogP contribution >= 0.6 is 12.4 Å². The molecule has 0 heterocycles. The SMILES string of the molecule is CNCC(=O)NCC(C)Oc1cccc(C)c1.Cl. The van der Waals surface area contributed by atoms with E-state index in [2.05, 4.69) is 10.6 Å². The molecule has 1 aromatic rings. The lowest BCUT2D eigenvalue weighted by Gasteiger charge is -2.15. The molecular weight excluding hydrogens is 252 g/mol. The number of aryl methyl sites for hydroxylation is 1. The molecule has 18 heavy (non-hydrogen) atoms. The van der Waals surface area contributed by atoms with E-state index >= 15 is 0 Å². The van der Waals surface area contributed by atoms with Gasteiger partial charge < -0.3 is 15.4 Å². The van der Waals surface area contributed by atoms with E-state index in [0.717, 1.165) is 11.3 Å². The predicted octanol–water partition coefficient (Wildman–Crippen LogP) is 1.52. The maximum absolute atomic E-state index is 11.2. The lowest BCUT2D eigenvalue weighted by atomic mass is 10.2. The minimum atomic E-state index is -0.0439. The Hall–Kier alpha value is -1.26. The Morgan fingerprint density at radius 2 is 2.17 bits per heavy atom. The van der Waals surface area contributed by atoms with Crippen LogP contribution in [0.2, 0.25) is 0 Å². The fraction of sp³-hybridized carbons (Fsp3) is 0.462. The molecule has 2 N–H and O–H groups in total. The molecule has 1 unspecified atom stereocenters. The molecule has 1 aromatic carbocycles. The van der Waals surface area contributed by atoms with Crippen molar-refractivity contribution in [3.63, 3.8) is 0 Å². The van der Waals surface area contributed by atoms with E-state index in [1.165, 1.54) is 0 Å². The number of likely N-dealkylation sites (N-methyl/N-ethyl adjacent to an activating group) is 1. The van der Waals surface area contributed by atoms with Crippen LogP contribution in [0.3, 0.4) is 0 Å². The number of halogens is 1. The normalized spacial score (nSPS) is 11.3. The Morgan fingerprint density at radius 1 is 1.44 bits per heavy atom. The molecule has 0 fully saturated rings. The van der Waals surface area contributed by atoms with Crippen LogP contribution in [0.4, 0.5) is 0 Å². The molecule has 5 heteroatoms. The van der Waals surface area contributed by atoms with Crippen LogP contribution in [-0.2, 0) is 4.79 Å². The van der Waals surface area contributed by atoms with Gasteiger partial charge in [-0.05, 0) is 38.6 Å². The lowest BCUT2D eigenvalue weighted by molar-refractivity contribution is -0.120. The quantitative estimate of drug-likeness (QED) is 0.826. The van der Waals surface area contributed by atoms with Crippen molar-refractivity contribution in [2.45, 2.75) is 20.0 Å². The standard InChI is InChI=1S/C13H20N2O2.ClH/c1-10-5-4-6-12(7-10)17-11(2)8-15-13(16)9-14-3;/h4-7,11,14H,8-9H2,1-3H3,(H,15,16);1H. The van der Waals surface area contributed by atoms with Crippen LogP contribution in [0.5, 0.6) is 5.75 Å². The van der Waals surface area contributed by atoms with Crippen LogP contribution in [0.1, 0.15) is 12.5 Å². The molecule has 0 aliphatic rings. The Morgan fingerprint density at radius 3 is 2.78 bits per heavy atom. The molecular formula is C13H21ClN2O2. The number of ether oxygens (including phenoxy) is 1. The number of carbonyl (C=O) groups excluding carboxylic acids is 1. The Bertz CT molecular complexity index is 372. The molecule has 0 saturated heterocycles. The summed E-state index contributed by atoms with van der Waals surface area (Å²) in [6.45, 7) is 4.79. The highest BCUT2D eigenvalue weighted by Crippen LogP contribution is 2.13. The summed E-state index contributed by atoms with van der Waals surface area (Å²) >= 11 is 0. The van der Waals surface area contributed by atoms with Gasteiger partial charge in [-0.15, -0.1) is 12.4 Å². The molecule has 1 amide bonds. The van der Waals surface area contributed by atoms with E-state index in [1.807, 2.05) is 38.1 Å². The Balaban J connectivity index is 0.00000289. The van der Waals surface area contributed by atoms with Gasteiger partial charge in [0.1, 0.15) is 11.9 Å².